The Balaban J connectivity index is 1.61. The van der Waals surface area contributed by atoms with E-state index in [-0.39, 0.29) is 17.7 Å². The molecule has 0 spiro atoms. The molecule has 2 aliphatic rings. The molecule has 1 aliphatic heterocycles. The Hall–Kier alpha value is -2.85. The lowest BCUT2D eigenvalue weighted by atomic mass is 9.79. The van der Waals surface area contributed by atoms with Gasteiger partial charge in [0.15, 0.2) is 5.78 Å². The van der Waals surface area contributed by atoms with Gasteiger partial charge in [0.25, 0.3) is 0 Å². The Kier molecular flexibility index (Phi) is 4.06. The van der Waals surface area contributed by atoms with Crippen LogP contribution in [0, 0.1) is 0 Å². The molecule has 0 amide bonds. The summed E-state index contributed by atoms with van der Waals surface area (Å²) in [7, 11) is 0. The summed E-state index contributed by atoms with van der Waals surface area (Å²) < 4.78 is 0. The molecule has 1 aromatic heterocycles. The van der Waals surface area contributed by atoms with E-state index in [0.717, 1.165) is 34.6 Å². The molecule has 3 nitrogen and oxygen atoms in total. The van der Waals surface area contributed by atoms with Crippen molar-refractivity contribution in [3.05, 3.63) is 93.8 Å². The van der Waals surface area contributed by atoms with Gasteiger partial charge in [-0.3, -0.25) is 4.79 Å². The SMILES string of the molecule is O=C1C[C@@H](c2ccccc2)CC2=C1[C@H](c1ccsc1)Nc1ccccc1N2. The molecular formula is C23H20N2OS. The van der Waals surface area contributed by atoms with Crippen LogP contribution in [0.25, 0.3) is 0 Å². The summed E-state index contributed by atoms with van der Waals surface area (Å²) in [5.41, 5.74) is 6.39. The van der Waals surface area contributed by atoms with Gasteiger partial charge in [0.05, 0.1) is 17.4 Å². The number of ketones is 1. The van der Waals surface area contributed by atoms with Crippen molar-refractivity contribution in [2.45, 2.75) is 24.8 Å². The van der Waals surface area contributed by atoms with Gasteiger partial charge >= 0.3 is 0 Å². The van der Waals surface area contributed by atoms with Gasteiger partial charge in [-0.05, 0) is 52.4 Å². The van der Waals surface area contributed by atoms with Crippen molar-refractivity contribution < 1.29 is 4.79 Å². The highest BCUT2D eigenvalue weighted by Crippen LogP contribution is 2.44. The van der Waals surface area contributed by atoms with E-state index in [1.54, 1.807) is 11.3 Å². The summed E-state index contributed by atoms with van der Waals surface area (Å²) in [4.78, 5) is 13.3. The number of hydrogen-bond acceptors (Lipinski definition) is 4. The van der Waals surface area contributed by atoms with E-state index in [0.29, 0.717) is 6.42 Å². The quantitative estimate of drug-likeness (QED) is 0.604. The van der Waals surface area contributed by atoms with Crippen LogP contribution in [0.2, 0.25) is 0 Å². The highest BCUT2D eigenvalue weighted by Gasteiger charge is 2.36. The fourth-order valence-corrected chi connectivity index (χ4v) is 4.83. The van der Waals surface area contributed by atoms with Gasteiger partial charge in [-0.1, -0.05) is 42.5 Å². The second-order valence-electron chi connectivity index (χ2n) is 7.14. The number of carbonyl (C=O) groups is 1. The molecule has 0 saturated heterocycles. The molecule has 0 saturated carbocycles. The summed E-state index contributed by atoms with van der Waals surface area (Å²) in [6, 6.07) is 20.6. The standard InChI is InChI=1S/C23H20N2OS/c26-21-13-17(15-6-2-1-3-7-15)12-20-22(21)23(16-10-11-27-14-16)25-19-9-5-4-8-18(19)24-20/h1-11,14,17,23-25H,12-13H2/t17-,23-/m0/s1. The van der Waals surface area contributed by atoms with Gasteiger partial charge < -0.3 is 10.6 Å². The first kappa shape index (κ1) is 16.3. The Morgan fingerprint density at radius 3 is 2.41 bits per heavy atom. The highest BCUT2D eigenvalue weighted by atomic mass is 32.1. The van der Waals surface area contributed by atoms with Crippen LogP contribution in [-0.4, -0.2) is 5.78 Å². The molecule has 0 fully saturated rings. The monoisotopic (exact) mass is 372 g/mol. The van der Waals surface area contributed by atoms with E-state index >= 15 is 0 Å². The number of benzene rings is 2. The van der Waals surface area contributed by atoms with Crippen molar-refractivity contribution >= 4 is 28.5 Å². The Morgan fingerprint density at radius 2 is 1.63 bits per heavy atom. The molecule has 2 atom stereocenters. The second kappa shape index (κ2) is 6.71. The molecule has 5 rings (SSSR count). The lowest BCUT2D eigenvalue weighted by Gasteiger charge is -2.29. The average Bonchev–Trinajstić information content (AvgIpc) is 3.17. The minimum absolute atomic E-state index is 0.105. The normalized spacial score (nSPS) is 21.6. The van der Waals surface area contributed by atoms with Crippen LogP contribution in [0.15, 0.2) is 82.7 Å². The zero-order valence-corrected chi connectivity index (χ0v) is 15.6. The lowest BCUT2D eigenvalue weighted by Crippen LogP contribution is -2.26. The lowest BCUT2D eigenvalue weighted by molar-refractivity contribution is -0.116. The van der Waals surface area contributed by atoms with Gasteiger partial charge in [0.2, 0.25) is 0 Å². The Bertz CT molecular complexity index is 1010. The summed E-state index contributed by atoms with van der Waals surface area (Å²) in [5.74, 6) is 0.451. The number of allylic oxidation sites excluding steroid dienone is 1. The van der Waals surface area contributed by atoms with Crippen molar-refractivity contribution in [2.24, 2.45) is 0 Å². The topological polar surface area (TPSA) is 41.1 Å². The van der Waals surface area contributed by atoms with E-state index in [1.165, 1.54) is 5.56 Å². The van der Waals surface area contributed by atoms with E-state index in [2.05, 4.69) is 63.9 Å². The fraction of sp³-hybridized carbons (Fsp3) is 0.174. The molecule has 0 unspecified atom stereocenters. The van der Waals surface area contributed by atoms with Crippen molar-refractivity contribution in [3.8, 4) is 0 Å². The predicted octanol–water partition coefficient (Wildman–Crippen LogP) is 5.73. The maximum atomic E-state index is 13.3. The van der Waals surface area contributed by atoms with Gasteiger partial charge in [-0.25, -0.2) is 0 Å². The van der Waals surface area contributed by atoms with Crippen LogP contribution < -0.4 is 10.6 Å². The van der Waals surface area contributed by atoms with Crippen LogP contribution in [0.4, 0.5) is 11.4 Å². The average molecular weight is 372 g/mol. The molecule has 3 aromatic rings. The van der Waals surface area contributed by atoms with Crippen molar-refractivity contribution in [2.75, 3.05) is 10.6 Å². The van der Waals surface area contributed by atoms with Gasteiger partial charge in [-0.15, -0.1) is 0 Å². The summed E-state index contributed by atoms with van der Waals surface area (Å²) in [6.45, 7) is 0. The fourth-order valence-electron chi connectivity index (χ4n) is 4.14. The van der Waals surface area contributed by atoms with Crippen LogP contribution in [0.5, 0.6) is 0 Å². The van der Waals surface area contributed by atoms with Gasteiger partial charge in [0.1, 0.15) is 0 Å². The predicted molar refractivity (Wildman–Crippen MR) is 111 cm³/mol. The number of rotatable bonds is 2. The van der Waals surface area contributed by atoms with Crippen molar-refractivity contribution in [3.63, 3.8) is 0 Å². The number of hydrogen-bond donors (Lipinski definition) is 2. The maximum absolute atomic E-state index is 13.3. The van der Waals surface area contributed by atoms with Crippen molar-refractivity contribution in [1.82, 2.24) is 0 Å². The van der Waals surface area contributed by atoms with Crippen LogP contribution in [0.1, 0.15) is 35.9 Å². The van der Waals surface area contributed by atoms with Crippen LogP contribution in [-0.2, 0) is 4.79 Å². The van der Waals surface area contributed by atoms with Gasteiger partial charge in [0, 0.05) is 17.7 Å². The van der Waals surface area contributed by atoms with Crippen molar-refractivity contribution in [1.29, 1.82) is 0 Å². The van der Waals surface area contributed by atoms with E-state index < -0.39 is 0 Å². The Morgan fingerprint density at radius 1 is 0.852 bits per heavy atom. The first-order valence-corrected chi connectivity index (χ1v) is 10.2. The molecule has 2 heterocycles. The Labute approximate surface area is 162 Å². The third kappa shape index (κ3) is 2.96. The highest BCUT2D eigenvalue weighted by molar-refractivity contribution is 7.08. The summed E-state index contributed by atoms with van der Waals surface area (Å²) in [5, 5.41) is 11.4. The van der Waals surface area contributed by atoms with E-state index in [9.17, 15) is 4.79 Å². The zero-order chi connectivity index (χ0) is 18.2. The van der Waals surface area contributed by atoms with Crippen LogP contribution in [0.3, 0.4) is 0 Å². The molecule has 4 heteroatoms. The molecule has 27 heavy (non-hydrogen) atoms. The van der Waals surface area contributed by atoms with Gasteiger partial charge in [-0.2, -0.15) is 11.3 Å². The number of fused-ring (bicyclic) bond motifs is 1. The first-order chi connectivity index (χ1) is 13.3. The number of para-hydroxylation sites is 2. The smallest absolute Gasteiger partial charge is 0.163 e. The molecule has 2 N–H and O–H groups in total. The number of Topliss-reactive ketones (excluding diaryl/α,β-unsaturated/α-hetero) is 1. The molecular weight excluding hydrogens is 352 g/mol. The minimum atomic E-state index is -0.105. The number of nitrogens with one attached hydrogen (secondary N) is 2. The molecule has 0 bridgehead atoms. The van der Waals surface area contributed by atoms with Crippen LogP contribution >= 0.6 is 11.3 Å². The minimum Gasteiger partial charge on any atom is -0.372 e. The third-order valence-electron chi connectivity index (χ3n) is 5.46. The largest absolute Gasteiger partial charge is 0.372 e. The number of carbonyl (C=O) groups excluding carboxylic acids is 1. The maximum Gasteiger partial charge on any atom is 0.163 e. The number of anilines is 2. The third-order valence-corrected chi connectivity index (χ3v) is 6.16. The number of thiophene rings is 1. The molecule has 1 aliphatic carbocycles. The molecule has 0 radical (unpaired) electrons. The molecule has 134 valence electrons. The second-order valence-corrected chi connectivity index (χ2v) is 7.92. The summed E-state index contributed by atoms with van der Waals surface area (Å²) in [6.07, 6.45) is 1.41. The van der Waals surface area contributed by atoms with E-state index in [4.69, 9.17) is 0 Å². The summed E-state index contributed by atoms with van der Waals surface area (Å²) >= 11 is 1.67. The first-order valence-electron chi connectivity index (χ1n) is 9.25. The molecule has 2 aromatic carbocycles. The van der Waals surface area contributed by atoms with E-state index in [1.807, 2.05) is 18.2 Å². The zero-order valence-electron chi connectivity index (χ0n) is 14.8.